The van der Waals surface area contributed by atoms with Crippen molar-refractivity contribution in [3.05, 3.63) is 64.6 Å². The van der Waals surface area contributed by atoms with Crippen LogP contribution in [0.4, 0.5) is 4.39 Å². The molecular weight excluding hydrogens is 411 g/mol. The molecule has 170 valence electrons. The van der Waals surface area contributed by atoms with Crippen LogP contribution < -0.4 is 4.74 Å². The number of carbonyl (C=O) groups is 1. The summed E-state index contributed by atoms with van der Waals surface area (Å²) in [5.74, 6) is -1.01. The van der Waals surface area contributed by atoms with Crippen LogP contribution in [0.2, 0.25) is 0 Å². The third-order valence-electron chi connectivity index (χ3n) is 6.43. The van der Waals surface area contributed by atoms with Gasteiger partial charge in [0.05, 0.1) is 24.3 Å². The largest absolute Gasteiger partial charge is 0.493 e. The predicted molar refractivity (Wildman–Crippen MR) is 121 cm³/mol. The van der Waals surface area contributed by atoms with Gasteiger partial charge in [-0.1, -0.05) is 12.1 Å². The summed E-state index contributed by atoms with van der Waals surface area (Å²) in [4.78, 5) is 16.7. The van der Waals surface area contributed by atoms with Gasteiger partial charge >= 0.3 is 5.97 Å². The molecule has 0 bridgehead atoms. The molecule has 0 radical (unpaired) electrons. The van der Waals surface area contributed by atoms with Gasteiger partial charge in [0.2, 0.25) is 0 Å². The molecule has 0 spiro atoms. The summed E-state index contributed by atoms with van der Waals surface area (Å²) in [7, 11) is 1.50. The predicted octanol–water partition coefficient (Wildman–Crippen LogP) is 5.06. The van der Waals surface area contributed by atoms with Crippen LogP contribution in [-0.4, -0.2) is 47.3 Å². The normalized spacial score (nSPS) is 19.4. The molecule has 1 aromatic heterocycles. The number of carboxylic acids is 1. The van der Waals surface area contributed by atoms with Gasteiger partial charge in [0, 0.05) is 48.4 Å². The number of carboxylic acid groups (broad SMARTS) is 1. The van der Waals surface area contributed by atoms with Crippen LogP contribution in [0.1, 0.15) is 52.9 Å². The number of aromatic amines is 1. The van der Waals surface area contributed by atoms with E-state index in [1.807, 2.05) is 31.3 Å². The minimum Gasteiger partial charge on any atom is -0.493 e. The van der Waals surface area contributed by atoms with Gasteiger partial charge in [-0.05, 0) is 50.5 Å². The monoisotopic (exact) mass is 440 g/mol. The molecule has 1 aliphatic rings. The maximum absolute atomic E-state index is 15.1. The third kappa shape index (κ3) is 4.10. The highest BCUT2D eigenvalue weighted by Crippen LogP contribution is 2.39. The van der Waals surface area contributed by atoms with Gasteiger partial charge in [0.15, 0.2) is 11.6 Å². The van der Waals surface area contributed by atoms with Crippen molar-refractivity contribution in [2.75, 3.05) is 20.3 Å². The number of nitrogens with zero attached hydrogens (tertiary/aromatic N) is 1. The number of nitrogens with one attached hydrogen (secondary N) is 1. The molecule has 2 heterocycles. The topological polar surface area (TPSA) is 74.8 Å². The average Bonchev–Trinajstić information content (AvgIpc) is 3.29. The Bertz CT molecular complexity index is 1110. The molecule has 1 saturated heterocycles. The number of fused-ring (bicyclic) bond motifs is 1. The van der Waals surface area contributed by atoms with Gasteiger partial charge in [-0.2, -0.15) is 0 Å². The standard InChI is InChI=1S/C25H29FN2O4/c1-4-32-18-10-12-28(21(13-18)16-5-7-17(8-6-16)25(29)30)14-20-19-9-11-27-23(19)15(2)22(26)24(20)31-3/h5-9,11,18,21,27H,4,10,12-14H2,1-3H3,(H,29,30)/t18-,21-/m1/s1. The van der Waals surface area contributed by atoms with E-state index in [9.17, 15) is 9.90 Å². The third-order valence-corrected chi connectivity index (χ3v) is 6.43. The highest BCUT2D eigenvalue weighted by molar-refractivity contribution is 5.88. The smallest absolute Gasteiger partial charge is 0.335 e. The van der Waals surface area contributed by atoms with Gasteiger partial charge < -0.3 is 19.6 Å². The molecule has 3 aromatic rings. The summed E-state index contributed by atoms with van der Waals surface area (Å²) in [6.45, 7) is 5.68. The van der Waals surface area contributed by atoms with Gasteiger partial charge in [0.25, 0.3) is 0 Å². The summed E-state index contributed by atoms with van der Waals surface area (Å²) in [5.41, 5.74) is 3.42. The second-order valence-corrected chi connectivity index (χ2v) is 8.23. The number of aryl methyl sites for hydroxylation is 1. The maximum atomic E-state index is 15.1. The zero-order chi connectivity index (χ0) is 22.8. The number of aromatic carboxylic acids is 1. The van der Waals surface area contributed by atoms with Crippen LogP contribution in [0.5, 0.6) is 5.75 Å². The number of hydrogen-bond acceptors (Lipinski definition) is 4. The highest BCUT2D eigenvalue weighted by atomic mass is 19.1. The number of piperidine rings is 1. The molecule has 2 aromatic carbocycles. The van der Waals surface area contributed by atoms with E-state index in [1.54, 1.807) is 19.1 Å². The van der Waals surface area contributed by atoms with E-state index in [0.29, 0.717) is 18.7 Å². The number of aromatic nitrogens is 1. The SMILES string of the molecule is CCO[C@@H]1CCN(Cc2c(OC)c(F)c(C)c3[nH]ccc23)[C@@H](c2ccc(C(=O)O)cc2)C1. The minimum absolute atomic E-state index is 0.0196. The average molecular weight is 441 g/mol. The highest BCUT2D eigenvalue weighted by Gasteiger charge is 2.32. The number of rotatable bonds is 7. The molecule has 6 nitrogen and oxygen atoms in total. The van der Waals surface area contributed by atoms with Crippen molar-refractivity contribution in [2.24, 2.45) is 0 Å². The number of methoxy groups -OCH3 is 1. The number of benzene rings is 2. The fourth-order valence-corrected chi connectivity index (χ4v) is 4.79. The molecular formula is C25H29FN2O4. The van der Waals surface area contributed by atoms with Crippen LogP contribution in [0.15, 0.2) is 36.5 Å². The molecule has 4 rings (SSSR count). The van der Waals surface area contributed by atoms with Crippen LogP contribution >= 0.6 is 0 Å². The molecule has 7 heteroatoms. The van der Waals surface area contributed by atoms with Crippen molar-refractivity contribution < 1.29 is 23.8 Å². The first kappa shape index (κ1) is 22.3. The number of H-pyrrole nitrogens is 1. The molecule has 0 amide bonds. The number of hydrogen-bond donors (Lipinski definition) is 2. The van der Waals surface area contributed by atoms with Crippen molar-refractivity contribution in [2.45, 2.75) is 45.4 Å². The zero-order valence-electron chi connectivity index (χ0n) is 18.7. The van der Waals surface area contributed by atoms with Crippen LogP contribution in [-0.2, 0) is 11.3 Å². The summed E-state index contributed by atoms with van der Waals surface area (Å²) in [6.07, 6.45) is 3.62. The first-order valence-electron chi connectivity index (χ1n) is 11.0. The zero-order valence-corrected chi connectivity index (χ0v) is 18.7. The Balaban J connectivity index is 1.72. The minimum atomic E-state index is -0.945. The molecule has 0 saturated carbocycles. The van der Waals surface area contributed by atoms with E-state index >= 15 is 4.39 Å². The maximum Gasteiger partial charge on any atom is 0.335 e. The Labute approximate surface area is 186 Å². The van der Waals surface area contributed by atoms with E-state index in [2.05, 4.69) is 9.88 Å². The van der Waals surface area contributed by atoms with Crippen molar-refractivity contribution >= 4 is 16.9 Å². The summed E-state index contributed by atoms with van der Waals surface area (Å²) in [5, 5.41) is 10.2. The quantitative estimate of drug-likeness (QED) is 0.537. The van der Waals surface area contributed by atoms with E-state index < -0.39 is 5.97 Å². The lowest BCUT2D eigenvalue weighted by molar-refractivity contribution is -0.0138. The summed E-state index contributed by atoms with van der Waals surface area (Å²) < 4.78 is 26.5. The number of halogens is 1. The van der Waals surface area contributed by atoms with Crippen molar-refractivity contribution in [3.8, 4) is 5.75 Å². The van der Waals surface area contributed by atoms with Gasteiger partial charge in [0.1, 0.15) is 0 Å². The Morgan fingerprint density at radius 2 is 2.03 bits per heavy atom. The second-order valence-electron chi connectivity index (χ2n) is 8.23. The molecule has 0 unspecified atom stereocenters. The lowest BCUT2D eigenvalue weighted by Crippen LogP contribution is -2.39. The second kappa shape index (κ2) is 9.30. The number of ether oxygens (including phenoxy) is 2. The molecule has 1 fully saturated rings. The lowest BCUT2D eigenvalue weighted by Gasteiger charge is -2.40. The van der Waals surface area contributed by atoms with Crippen LogP contribution in [0.25, 0.3) is 10.9 Å². The first-order chi connectivity index (χ1) is 15.4. The van der Waals surface area contributed by atoms with E-state index in [0.717, 1.165) is 41.4 Å². The van der Waals surface area contributed by atoms with Crippen LogP contribution in [0.3, 0.4) is 0 Å². The van der Waals surface area contributed by atoms with Gasteiger partial charge in [-0.3, -0.25) is 4.90 Å². The Hall–Kier alpha value is -2.90. The Kier molecular flexibility index (Phi) is 6.48. The lowest BCUT2D eigenvalue weighted by atomic mass is 9.91. The fraction of sp³-hybridized carbons (Fsp3) is 0.400. The molecule has 32 heavy (non-hydrogen) atoms. The summed E-state index contributed by atoms with van der Waals surface area (Å²) in [6, 6.07) is 8.99. The summed E-state index contributed by atoms with van der Waals surface area (Å²) >= 11 is 0. The Morgan fingerprint density at radius 3 is 2.69 bits per heavy atom. The van der Waals surface area contributed by atoms with Crippen molar-refractivity contribution in [1.82, 2.24) is 9.88 Å². The number of likely N-dealkylation sites (tertiary alicyclic amines) is 1. The van der Waals surface area contributed by atoms with Crippen molar-refractivity contribution in [1.29, 1.82) is 0 Å². The van der Waals surface area contributed by atoms with E-state index in [1.165, 1.54) is 7.11 Å². The van der Waals surface area contributed by atoms with E-state index in [4.69, 9.17) is 9.47 Å². The molecule has 2 atom stereocenters. The fourth-order valence-electron chi connectivity index (χ4n) is 4.79. The molecule has 1 aliphatic heterocycles. The van der Waals surface area contributed by atoms with Gasteiger partial charge in [-0.25, -0.2) is 9.18 Å². The molecule has 0 aliphatic carbocycles. The molecule has 2 N–H and O–H groups in total. The Morgan fingerprint density at radius 1 is 1.28 bits per heavy atom. The van der Waals surface area contributed by atoms with Crippen LogP contribution in [0, 0.1) is 12.7 Å². The van der Waals surface area contributed by atoms with Gasteiger partial charge in [-0.15, -0.1) is 0 Å². The first-order valence-corrected chi connectivity index (χ1v) is 11.0. The van der Waals surface area contributed by atoms with E-state index in [-0.39, 0.29) is 29.3 Å². The van der Waals surface area contributed by atoms with Crippen molar-refractivity contribution in [3.63, 3.8) is 0 Å².